The van der Waals surface area contributed by atoms with Crippen LogP contribution in [0.5, 0.6) is 0 Å². The van der Waals surface area contributed by atoms with Gasteiger partial charge in [-0.1, -0.05) is 25.4 Å². The van der Waals surface area contributed by atoms with Gasteiger partial charge in [0.2, 0.25) is 0 Å². The molecule has 174 valence electrons. The smallest absolute Gasteiger partial charge is 0.253 e. The van der Waals surface area contributed by atoms with E-state index in [1.165, 1.54) is 15.8 Å². The number of likely N-dealkylation sites (N-methyl/N-ethyl adjacent to an activating group) is 1. The predicted molar refractivity (Wildman–Crippen MR) is 136 cm³/mol. The molecule has 2 aliphatic heterocycles. The fraction of sp³-hybridized carbons (Fsp3) is 0.480. The van der Waals surface area contributed by atoms with E-state index in [0.29, 0.717) is 23.7 Å². The third-order valence-corrected chi connectivity index (χ3v) is 8.05. The van der Waals surface area contributed by atoms with Crippen molar-refractivity contribution >= 4 is 44.9 Å². The highest BCUT2D eigenvalue weighted by atomic mass is 35.5. The maximum absolute atomic E-state index is 13.0. The SMILES string of the molecule is CCCc1nc(N2CCN(C(=O)c3ccc(Cl)cc3)CC2)c2c3c(sc2n1)CN(CC)CC3. The van der Waals surface area contributed by atoms with Gasteiger partial charge in [0.15, 0.2) is 0 Å². The number of amides is 1. The lowest BCUT2D eigenvalue weighted by Crippen LogP contribution is -2.49. The van der Waals surface area contributed by atoms with Gasteiger partial charge in [0.1, 0.15) is 16.5 Å². The molecule has 4 heterocycles. The Morgan fingerprint density at radius 3 is 2.52 bits per heavy atom. The van der Waals surface area contributed by atoms with Crippen molar-refractivity contribution in [3.05, 3.63) is 51.1 Å². The van der Waals surface area contributed by atoms with Crippen molar-refractivity contribution in [1.29, 1.82) is 0 Å². The van der Waals surface area contributed by atoms with Crippen LogP contribution in [-0.2, 0) is 19.4 Å². The molecule has 1 amide bonds. The molecule has 1 fully saturated rings. The molecule has 5 rings (SSSR count). The molecular formula is C25H30ClN5OS. The van der Waals surface area contributed by atoms with Gasteiger partial charge in [0.25, 0.3) is 5.91 Å². The van der Waals surface area contributed by atoms with E-state index in [0.717, 1.165) is 68.5 Å². The van der Waals surface area contributed by atoms with Crippen LogP contribution in [0.1, 0.15) is 46.9 Å². The minimum absolute atomic E-state index is 0.0680. The molecule has 2 aliphatic rings. The normalized spacial score (nSPS) is 16.9. The standard InChI is InChI=1S/C25H30ClN5OS/c1-3-5-21-27-23(22-19-10-11-29(4-2)16-20(19)33-24(22)28-21)30-12-14-31(15-13-30)25(32)17-6-8-18(26)9-7-17/h6-9H,3-5,10-16H2,1-2H3. The van der Waals surface area contributed by atoms with Gasteiger partial charge in [0.05, 0.1) is 5.39 Å². The first-order chi connectivity index (χ1) is 16.1. The number of hydrogen-bond acceptors (Lipinski definition) is 6. The van der Waals surface area contributed by atoms with Crippen LogP contribution in [0.3, 0.4) is 0 Å². The van der Waals surface area contributed by atoms with Crippen molar-refractivity contribution in [1.82, 2.24) is 19.8 Å². The minimum atomic E-state index is 0.0680. The van der Waals surface area contributed by atoms with Crippen LogP contribution >= 0.6 is 22.9 Å². The van der Waals surface area contributed by atoms with Crippen molar-refractivity contribution in [2.75, 3.05) is 44.2 Å². The van der Waals surface area contributed by atoms with Gasteiger partial charge >= 0.3 is 0 Å². The number of rotatable bonds is 5. The quantitative estimate of drug-likeness (QED) is 0.529. The number of thiophene rings is 1. The topological polar surface area (TPSA) is 52.6 Å². The third-order valence-electron chi connectivity index (χ3n) is 6.68. The molecule has 0 bridgehead atoms. The first kappa shape index (κ1) is 22.6. The molecule has 0 saturated carbocycles. The van der Waals surface area contributed by atoms with Crippen LogP contribution < -0.4 is 4.90 Å². The van der Waals surface area contributed by atoms with Crippen molar-refractivity contribution in [3.63, 3.8) is 0 Å². The Bertz CT molecular complexity index is 1150. The van der Waals surface area contributed by atoms with E-state index in [1.807, 2.05) is 16.2 Å². The van der Waals surface area contributed by atoms with Gasteiger partial charge in [-0.05, 0) is 49.2 Å². The molecule has 3 aromatic rings. The van der Waals surface area contributed by atoms with E-state index in [9.17, 15) is 4.79 Å². The average molecular weight is 484 g/mol. The first-order valence-corrected chi connectivity index (χ1v) is 13.1. The second-order valence-electron chi connectivity index (χ2n) is 8.80. The van der Waals surface area contributed by atoms with Crippen LogP contribution in [0.2, 0.25) is 5.02 Å². The Kier molecular flexibility index (Phi) is 6.54. The number of nitrogens with zero attached hydrogens (tertiary/aromatic N) is 5. The minimum Gasteiger partial charge on any atom is -0.352 e. The molecule has 8 heteroatoms. The Balaban J connectivity index is 1.41. The molecule has 33 heavy (non-hydrogen) atoms. The van der Waals surface area contributed by atoms with Crippen molar-refractivity contribution in [2.24, 2.45) is 0 Å². The highest BCUT2D eigenvalue weighted by Crippen LogP contribution is 2.39. The van der Waals surface area contributed by atoms with Crippen molar-refractivity contribution in [2.45, 2.75) is 39.7 Å². The number of halogens is 1. The Hall–Kier alpha value is -2.22. The van der Waals surface area contributed by atoms with E-state index in [4.69, 9.17) is 21.6 Å². The zero-order chi connectivity index (χ0) is 22.9. The molecule has 0 radical (unpaired) electrons. The maximum atomic E-state index is 13.0. The zero-order valence-corrected chi connectivity index (χ0v) is 20.9. The van der Waals surface area contributed by atoms with Gasteiger partial charge in [-0.25, -0.2) is 9.97 Å². The Labute approximate surface area is 204 Å². The van der Waals surface area contributed by atoms with E-state index in [-0.39, 0.29) is 5.91 Å². The number of anilines is 1. The highest BCUT2D eigenvalue weighted by Gasteiger charge is 2.28. The fourth-order valence-corrected chi connectivity index (χ4v) is 6.20. The summed E-state index contributed by atoms with van der Waals surface area (Å²) in [5, 5.41) is 1.90. The summed E-state index contributed by atoms with van der Waals surface area (Å²) in [5.41, 5.74) is 2.13. The molecule has 2 aromatic heterocycles. The summed E-state index contributed by atoms with van der Waals surface area (Å²) >= 11 is 7.83. The monoisotopic (exact) mass is 483 g/mol. The molecule has 0 atom stereocenters. The second kappa shape index (κ2) is 9.57. The van der Waals surface area contributed by atoms with Gasteiger partial charge < -0.3 is 9.80 Å². The number of piperazine rings is 1. The van der Waals surface area contributed by atoms with Crippen LogP contribution in [0.25, 0.3) is 10.2 Å². The van der Waals surface area contributed by atoms with Crippen LogP contribution in [0.4, 0.5) is 5.82 Å². The Morgan fingerprint density at radius 1 is 1.06 bits per heavy atom. The molecule has 0 spiro atoms. The van der Waals surface area contributed by atoms with Crippen LogP contribution in [-0.4, -0.2) is 64.9 Å². The van der Waals surface area contributed by atoms with Crippen LogP contribution in [0.15, 0.2) is 24.3 Å². The fourth-order valence-electron chi connectivity index (χ4n) is 4.80. The second-order valence-corrected chi connectivity index (χ2v) is 10.3. The van der Waals surface area contributed by atoms with Gasteiger partial charge in [-0.3, -0.25) is 9.69 Å². The van der Waals surface area contributed by atoms with Gasteiger partial charge in [0, 0.05) is 61.2 Å². The van der Waals surface area contributed by atoms with Crippen molar-refractivity contribution < 1.29 is 4.79 Å². The highest BCUT2D eigenvalue weighted by molar-refractivity contribution is 7.19. The summed E-state index contributed by atoms with van der Waals surface area (Å²) < 4.78 is 0. The lowest BCUT2D eigenvalue weighted by molar-refractivity contribution is 0.0746. The number of carbonyl (C=O) groups is 1. The lowest BCUT2D eigenvalue weighted by Gasteiger charge is -2.36. The first-order valence-electron chi connectivity index (χ1n) is 11.9. The summed E-state index contributed by atoms with van der Waals surface area (Å²) in [4.78, 5) is 32.3. The largest absolute Gasteiger partial charge is 0.352 e. The molecule has 1 aromatic carbocycles. The number of hydrogen-bond donors (Lipinski definition) is 0. The van der Waals surface area contributed by atoms with Gasteiger partial charge in [-0.2, -0.15) is 0 Å². The summed E-state index contributed by atoms with van der Waals surface area (Å²) in [6.07, 6.45) is 2.98. The number of benzene rings is 1. The summed E-state index contributed by atoms with van der Waals surface area (Å²) in [6, 6.07) is 7.16. The van der Waals surface area contributed by atoms with Crippen LogP contribution in [0, 0.1) is 0 Å². The Morgan fingerprint density at radius 2 is 1.82 bits per heavy atom. The van der Waals surface area contributed by atoms with E-state index >= 15 is 0 Å². The summed E-state index contributed by atoms with van der Waals surface area (Å²) in [7, 11) is 0. The summed E-state index contributed by atoms with van der Waals surface area (Å²) in [6.45, 7) is 10.5. The third kappa shape index (κ3) is 4.46. The molecule has 0 N–H and O–H groups in total. The maximum Gasteiger partial charge on any atom is 0.253 e. The van der Waals surface area contributed by atoms with Gasteiger partial charge in [-0.15, -0.1) is 11.3 Å². The number of fused-ring (bicyclic) bond motifs is 3. The van der Waals surface area contributed by atoms with Crippen molar-refractivity contribution in [3.8, 4) is 0 Å². The predicted octanol–water partition coefficient (Wildman–Crippen LogP) is 4.64. The zero-order valence-electron chi connectivity index (χ0n) is 19.3. The number of carbonyl (C=O) groups excluding carboxylic acids is 1. The van der Waals surface area contributed by atoms with E-state index in [1.54, 1.807) is 24.3 Å². The lowest BCUT2D eigenvalue weighted by atomic mass is 10.0. The number of aryl methyl sites for hydroxylation is 1. The molecule has 6 nitrogen and oxygen atoms in total. The van der Waals surface area contributed by atoms with E-state index < -0.39 is 0 Å². The molecule has 0 unspecified atom stereocenters. The average Bonchev–Trinajstić information content (AvgIpc) is 3.21. The summed E-state index contributed by atoms with van der Waals surface area (Å²) in [5.74, 6) is 2.08. The number of aromatic nitrogens is 2. The van der Waals surface area contributed by atoms with E-state index in [2.05, 4.69) is 23.6 Å². The molecule has 0 aliphatic carbocycles. The molecular weight excluding hydrogens is 454 g/mol. The molecule has 1 saturated heterocycles.